The van der Waals surface area contributed by atoms with Gasteiger partial charge in [0.2, 0.25) is 0 Å². The van der Waals surface area contributed by atoms with E-state index in [-0.39, 0.29) is 11.9 Å². The van der Waals surface area contributed by atoms with Gasteiger partial charge in [0.05, 0.1) is 6.10 Å². The summed E-state index contributed by atoms with van der Waals surface area (Å²) in [5.41, 5.74) is 0.395. The molecule has 2 N–H and O–H groups in total. The minimum atomic E-state index is -0.723. The van der Waals surface area contributed by atoms with Crippen molar-refractivity contribution in [1.29, 1.82) is 0 Å². The molecule has 0 aliphatic carbocycles. The van der Waals surface area contributed by atoms with Gasteiger partial charge in [-0.05, 0) is 25.5 Å². The van der Waals surface area contributed by atoms with E-state index < -0.39 is 6.10 Å². The van der Waals surface area contributed by atoms with Gasteiger partial charge in [0.1, 0.15) is 5.82 Å². The summed E-state index contributed by atoms with van der Waals surface area (Å²) in [6, 6.07) is 6.41. The van der Waals surface area contributed by atoms with Crippen molar-refractivity contribution in [2.24, 2.45) is 0 Å². The summed E-state index contributed by atoms with van der Waals surface area (Å²) in [5.74, 6) is -0.325. The first-order chi connectivity index (χ1) is 6.79. The molecule has 1 saturated heterocycles. The fourth-order valence-electron chi connectivity index (χ4n) is 1.91. The maximum Gasteiger partial charge on any atom is 0.129 e. The molecule has 0 spiro atoms. The maximum absolute atomic E-state index is 13.3. The fourth-order valence-corrected chi connectivity index (χ4v) is 1.91. The minimum Gasteiger partial charge on any atom is -0.387 e. The number of aliphatic hydroxyl groups is 1. The highest BCUT2D eigenvalue weighted by atomic mass is 19.1. The second-order valence-corrected chi connectivity index (χ2v) is 3.67. The minimum absolute atomic E-state index is 0.00639. The van der Waals surface area contributed by atoms with Crippen LogP contribution in [0.2, 0.25) is 0 Å². The Hall–Kier alpha value is -0.930. The Labute approximate surface area is 82.8 Å². The number of benzene rings is 1. The van der Waals surface area contributed by atoms with Crippen LogP contribution in [0.5, 0.6) is 0 Å². The molecule has 76 valence electrons. The molecule has 1 fully saturated rings. The monoisotopic (exact) mass is 195 g/mol. The predicted molar refractivity (Wildman–Crippen MR) is 52.4 cm³/mol. The molecule has 0 aromatic heterocycles. The summed E-state index contributed by atoms with van der Waals surface area (Å²) >= 11 is 0. The summed E-state index contributed by atoms with van der Waals surface area (Å²) in [4.78, 5) is 0. The second kappa shape index (κ2) is 4.07. The zero-order valence-electron chi connectivity index (χ0n) is 7.91. The van der Waals surface area contributed by atoms with Crippen molar-refractivity contribution in [2.45, 2.75) is 25.0 Å². The van der Waals surface area contributed by atoms with Crippen LogP contribution in [0.1, 0.15) is 24.5 Å². The van der Waals surface area contributed by atoms with E-state index in [1.165, 1.54) is 6.07 Å². The van der Waals surface area contributed by atoms with Gasteiger partial charge in [-0.1, -0.05) is 18.2 Å². The van der Waals surface area contributed by atoms with E-state index in [2.05, 4.69) is 5.32 Å². The lowest BCUT2D eigenvalue weighted by Gasteiger charge is -2.18. The van der Waals surface area contributed by atoms with Crippen LogP contribution in [-0.4, -0.2) is 17.7 Å². The molecule has 1 aliphatic rings. The third-order valence-electron chi connectivity index (χ3n) is 2.70. The van der Waals surface area contributed by atoms with Crippen molar-refractivity contribution in [2.75, 3.05) is 6.54 Å². The highest BCUT2D eigenvalue weighted by Gasteiger charge is 2.25. The summed E-state index contributed by atoms with van der Waals surface area (Å²) in [6.45, 7) is 0.913. The van der Waals surface area contributed by atoms with Crippen LogP contribution in [0.25, 0.3) is 0 Å². The van der Waals surface area contributed by atoms with Crippen LogP contribution in [-0.2, 0) is 0 Å². The lowest BCUT2D eigenvalue weighted by Crippen LogP contribution is -2.29. The smallest absolute Gasteiger partial charge is 0.129 e. The predicted octanol–water partition coefficient (Wildman–Crippen LogP) is 1.61. The maximum atomic E-state index is 13.3. The molecule has 2 nitrogen and oxygen atoms in total. The highest BCUT2D eigenvalue weighted by Crippen LogP contribution is 2.24. The number of hydrogen-bond donors (Lipinski definition) is 2. The van der Waals surface area contributed by atoms with E-state index in [9.17, 15) is 9.50 Å². The average molecular weight is 195 g/mol. The first-order valence-corrected chi connectivity index (χ1v) is 4.95. The van der Waals surface area contributed by atoms with Gasteiger partial charge in [-0.2, -0.15) is 0 Å². The molecule has 1 aromatic rings. The molecule has 1 heterocycles. The van der Waals surface area contributed by atoms with Crippen LogP contribution >= 0.6 is 0 Å². The van der Waals surface area contributed by atoms with Gasteiger partial charge in [-0.3, -0.25) is 0 Å². The van der Waals surface area contributed by atoms with Gasteiger partial charge < -0.3 is 10.4 Å². The van der Waals surface area contributed by atoms with Crippen LogP contribution < -0.4 is 5.32 Å². The van der Waals surface area contributed by atoms with Crippen molar-refractivity contribution >= 4 is 0 Å². The third kappa shape index (κ3) is 1.79. The van der Waals surface area contributed by atoms with E-state index in [0.29, 0.717) is 5.56 Å². The quantitative estimate of drug-likeness (QED) is 0.751. The molecule has 1 aliphatic heterocycles. The zero-order valence-corrected chi connectivity index (χ0v) is 7.91. The molecule has 0 amide bonds. The summed E-state index contributed by atoms with van der Waals surface area (Å²) in [5, 5.41) is 13.1. The highest BCUT2D eigenvalue weighted by molar-refractivity contribution is 5.21. The van der Waals surface area contributed by atoms with Crippen molar-refractivity contribution < 1.29 is 9.50 Å². The van der Waals surface area contributed by atoms with Crippen molar-refractivity contribution in [3.63, 3.8) is 0 Å². The summed E-state index contributed by atoms with van der Waals surface area (Å²) < 4.78 is 13.3. The van der Waals surface area contributed by atoms with Crippen LogP contribution in [0.3, 0.4) is 0 Å². The van der Waals surface area contributed by atoms with Gasteiger partial charge in [0.15, 0.2) is 0 Å². The topological polar surface area (TPSA) is 32.3 Å². The van der Waals surface area contributed by atoms with E-state index in [0.717, 1.165) is 19.4 Å². The third-order valence-corrected chi connectivity index (χ3v) is 2.70. The van der Waals surface area contributed by atoms with Crippen molar-refractivity contribution in [1.82, 2.24) is 5.32 Å². The number of halogens is 1. The first-order valence-electron chi connectivity index (χ1n) is 4.95. The van der Waals surface area contributed by atoms with E-state index in [1.54, 1.807) is 18.2 Å². The van der Waals surface area contributed by atoms with Crippen molar-refractivity contribution in [3.05, 3.63) is 35.6 Å². The van der Waals surface area contributed by atoms with E-state index in [4.69, 9.17) is 0 Å². The lowest BCUT2D eigenvalue weighted by molar-refractivity contribution is 0.133. The van der Waals surface area contributed by atoms with Crippen LogP contribution in [0.4, 0.5) is 4.39 Å². The van der Waals surface area contributed by atoms with Crippen molar-refractivity contribution in [3.8, 4) is 0 Å². The molecule has 0 radical (unpaired) electrons. The molecule has 2 unspecified atom stereocenters. The Morgan fingerprint density at radius 1 is 1.43 bits per heavy atom. The Balaban J connectivity index is 2.17. The van der Waals surface area contributed by atoms with Gasteiger partial charge in [-0.25, -0.2) is 4.39 Å². The molecule has 0 bridgehead atoms. The van der Waals surface area contributed by atoms with Gasteiger partial charge in [0.25, 0.3) is 0 Å². The normalized spacial score (nSPS) is 23.7. The molecule has 2 atom stereocenters. The van der Waals surface area contributed by atoms with Crippen LogP contribution in [0.15, 0.2) is 24.3 Å². The van der Waals surface area contributed by atoms with Gasteiger partial charge >= 0.3 is 0 Å². The average Bonchev–Trinajstić information content (AvgIpc) is 2.70. The molecule has 14 heavy (non-hydrogen) atoms. The lowest BCUT2D eigenvalue weighted by atomic mass is 10.0. The SMILES string of the molecule is OC(c1ccccc1F)C1CCCN1. The Morgan fingerprint density at radius 2 is 2.21 bits per heavy atom. The van der Waals surface area contributed by atoms with Crippen LogP contribution in [0, 0.1) is 5.82 Å². The van der Waals surface area contributed by atoms with Gasteiger partial charge in [0, 0.05) is 11.6 Å². The van der Waals surface area contributed by atoms with Gasteiger partial charge in [-0.15, -0.1) is 0 Å². The number of aliphatic hydroxyl groups excluding tert-OH is 1. The summed E-state index contributed by atoms with van der Waals surface area (Å²) in [7, 11) is 0. The van der Waals surface area contributed by atoms with E-state index >= 15 is 0 Å². The molecular weight excluding hydrogens is 181 g/mol. The molecule has 3 heteroatoms. The Kier molecular flexibility index (Phi) is 2.79. The largest absolute Gasteiger partial charge is 0.387 e. The molecule has 0 saturated carbocycles. The molecular formula is C11H14FNO. The first kappa shape index (κ1) is 9.62. The number of nitrogens with one attached hydrogen (secondary N) is 1. The molecule has 2 rings (SSSR count). The fraction of sp³-hybridized carbons (Fsp3) is 0.455. The number of rotatable bonds is 2. The Morgan fingerprint density at radius 3 is 2.86 bits per heavy atom. The van der Waals surface area contributed by atoms with E-state index in [1.807, 2.05) is 0 Å². The second-order valence-electron chi connectivity index (χ2n) is 3.67. The summed E-state index contributed by atoms with van der Waals surface area (Å²) in [6.07, 6.45) is 1.24. The number of hydrogen-bond acceptors (Lipinski definition) is 2. The zero-order chi connectivity index (χ0) is 9.97. The Bertz CT molecular complexity index is 310. The standard InChI is InChI=1S/C11H14FNO/c12-9-5-2-1-4-8(9)11(14)10-6-3-7-13-10/h1-2,4-5,10-11,13-14H,3,6-7H2. The molecule has 1 aromatic carbocycles.